The van der Waals surface area contributed by atoms with E-state index in [0.29, 0.717) is 35.1 Å². The summed E-state index contributed by atoms with van der Waals surface area (Å²) in [7, 11) is 6.38. The molecule has 1 aliphatic rings. The number of hydrogen-bond donors (Lipinski definition) is 0. The Morgan fingerprint density at radius 3 is 2.14 bits per heavy atom. The van der Waals surface area contributed by atoms with Crippen molar-refractivity contribution < 1.29 is 23.7 Å². The first-order valence-electron chi connectivity index (χ1n) is 12.2. The van der Waals surface area contributed by atoms with E-state index in [1.807, 2.05) is 71.6 Å². The number of methoxy groups -OCH3 is 4. The Morgan fingerprint density at radius 1 is 0.865 bits per heavy atom. The lowest BCUT2D eigenvalue weighted by Gasteiger charge is -2.24. The second-order valence-corrected chi connectivity index (χ2v) is 9.00. The third-order valence-electron chi connectivity index (χ3n) is 6.67. The first kappa shape index (κ1) is 24.4. The van der Waals surface area contributed by atoms with Crippen LogP contribution >= 0.6 is 0 Å². The van der Waals surface area contributed by atoms with Gasteiger partial charge in [0, 0.05) is 23.5 Å². The number of benzene rings is 3. The van der Waals surface area contributed by atoms with Gasteiger partial charge in [0.1, 0.15) is 5.75 Å². The van der Waals surface area contributed by atoms with E-state index in [0.717, 1.165) is 40.6 Å². The number of carbonyl (C=O) groups is 1. The summed E-state index contributed by atoms with van der Waals surface area (Å²) >= 11 is 0. The van der Waals surface area contributed by atoms with Gasteiger partial charge in [-0.2, -0.15) is 0 Å². The van der Waals surface area contributed by atoms with E-state index in [4.69, 9.17) is 23.9 Å². The second kappa shape index (κ2) is 10.4. The highest BCUT2D eigenvalue weighted by atomic mass is 16.5. The average Bonchev–Trinajstić information content (AvgIpc) is 3.79. The monoisotopic (exact) mass is 498 g/mol. The summed E-state index contributed by atoms with van der Waals surface area (Å²) in [6, 6.07) is 21.4. The molecule has 0 spiro atoms. The second-order valence-electron chi connectivity index (χ2n) is 9.00. The standard InChI is InChI=1S/C30H30N2O5/c1-34-22-13-9-19(10-14-22)18-32(21-11-12-21)30(33)24-17-26(31-25-8-6-5-7-23(24)25)20-15-27(35-2)29(37-4)28(16-20)36-3/h5-10,13-17,21H,11-12,18H2,1-4H3. The molecule has 190 valence electrons. The molecule has 1 aromatic heterocycles. The van der Waals surface area contributed by atoms with E-state index >= 15 is 0 Å². The largest absolute Gasteiger partial charge is 0.497 e. The van der Waals surface area contributed by atoms with Crippen molar-refractivity contribution in [3.63, 3.8) is 0 Å². The highest BCUT2D eigenvalue weighted by Gasteiger charge is 2.34. The molecule has 0 aliphatic heterocycles. The van der Waals surface area contributed by atoms with Gasteiger partial charge in [0.15, 0.2) is 11.5 Å². The first-order chi connectivity index (χ1) is 18.1. The van der Waals surface area contributed by atoms with Gasteiger partial charge in [-0.1, -0.05) is 30.3 Å². The summed E-state index contributed by atoms with van der Waals surface area (Å²) < 4.78 is 21.9. The fraction of sp³-hybridized carbons (Fsp3) is 0.267. The predicted octanol–water partition coefficient (Wildman–Crippen LogP) is 5.74. The molecule has 0 unspecified atom stereocenters. The van der Waals surface area contributed by atoms with Crippen LogP contribution in [0.4, 0.5) is 0 Å². The molecular formula is C30H30N2O5. The molecule has 0 bridgehead atoms. The minimum atomic E-state index is -0.00869. The maximum atomic E-state index is 14.1. The van der Waals surface area contributed by atoms with Crippen LogP contribution in [0.3, 0.4) is 0 Å². The number of nitrogens with zero attached hydrogens (tertiary/aromatic N) is 2. The van der Waals surface area contributed by atoms with Gasteiger partial charge in [-0.05, 0) is 54.8 Å². The van der Waals surface area contributed by atoms with Crippen molar-refractivity contribution >= 4 is 16.8 Å². The zero-order chi connectivity index (χ0) is 25.9. The third kappa shape index (κ3) is 4.89. The molecule has 1 aliphatic carbocycles. The quantitative estimate of drug-likeness (QED) is 0.293. The highest BCUT2D eigenvalue weighted by molar-refractivity contribution is 6.07. The molecule has 7 nitrogen and oxygen atoms in total. The maximum Gasteiger partial charge on any atom is 0.255 e. The zero-order valence-electron chi connectivity index (χ0n) is 21.5. The van der Waals surface area contributed by atoms with Crippen molar-refractivity contribution in [3.05, 3.63) is 77.9 Å². The number of fused-ring (bicyclic) bond motifs is 1. The highest BCUT2D eigenvalue weighted by Crippen LogP contribution is 2.41. The van der Waals surface area contributed by atoms with Gasteiger partial charge >= 0.3 is 0 Å². The van der Waals surface area contributed by atoms with E-state index in [1.54, 1.807) is 28.4 Å². The van der Waals surface area contributed by atoms with Gasteiger partial charge in [-0.3, -0.25) is 4.79 Å². The molecule has 7 heteroatoms. The van der Waals surface area contributed by atoms with Crippen LogP contribution in [-0.4, -0.2) is 50.3 Å². The van der Waals surface area contributed by atoms with Crippen molar-refractivity contribution in [2.24, 2.45) is 0 Å². The van der Waals surface area contributed by atoms with Crippen LogP contribution in [-0.2, 0) is 6.54 Å². The number of pyridine rings is 1. The van der Waals surface area contributed by atoms with Crippen LogP contribution in [0.5, 0.6) is 23.0 Å². The number of ether oxygens (including phenoxy) is 4. The van der Waals surface area contributed by atoms with Gasteiger partial charge in [0.2, 0.25) is 5.75 Å². The predicted molar refractivity (Wildman–Crippen MR) is 143 cm³/mol. The van der Waals surface area contributed by atoms with E-state index < -0.39 is 0 Å². The minimum absolute atomic E-state index is 0.00869. The molecule has 1 fully saturated rings. The minimum Gasteiger partial charge on any atom is -0.497 e. The topological polar surface area (TPSA) is 70.1 Å². The van der Waals surface area contributed by atoms with E-state index in [9.17, 15) is 4.79 Å². The Hall–Kier alpha value is -4.26. The van der Waals surface area contributed by atoms with Gasteiger partial charge in [-0.15, -0.1) is 0 Å². The van der Waals surface area contributed by atoms with E-state index in [2.05, 4.69) is 0 Å². The van der Waals surface area contributed by atoms with Crippen LogP contribution in [0.1, 0.15) is 28.8 Å². The fourth-order valence-electron chi connectivity index (χ4n) is 4.56. The van der Waals surface area contributed by atoms with Crippen molar-refractivity contribution in [2.75, 3.05) is 28.4 Å². The molecule has 1 heterocycles. The molecule has 3 aromatic carbocycles. The van der Waals surface area contributed by atoms with Gasteiger partial charge in [0.05, 0.1) is 45.2 Å². The van der Waals surface area contributed by atoms with Gasteiger partial charge in [-0.25, -0.2) is 4.98 Å². The molecular weight excluding hydrogens is 468 g/mol. The Kier molecular flexibility index (Phi) is 6.86. The van der Waals surface area contributed by atoms with Crippen molar-refractivity contribution in [1.82, 2.24) is 9.88 Å². The normalized spacial score (nSPS) is 12.8. The molecule has 37 heavy (non-hydrogen) atoms. The summed E-state index contributed by atoms with van der Waals surface area (Å²) in [6.07, 6.45) is 2.01. The lowest BCUT2D eigenvalue weighted by Crippen LogP contribution is -2.32. The number of carbonyl (C=O) groups excluding carboxylic acids is 1. The molecule has 1 saturated carbocycles. The molecule has 1 amide bonds. The zero-order valence-corrected chi connectivity index (χ0v) is 21.5. The molecule has 0 radical (unpaired) electrons. The lowest BCUT2D eigenvalue weighted by atomic mass is 10.0. The maximum absolute atomic E-state index is 14.1. The number of rotatable bonds is 9. The first-order valence-corrected chi connectivity index (χ1v) is 12.2. The summed E-state index contributed by atoms with van der Waals surface area (Å²) in [5.41, 5.74) is 3.85. The molecule has 5 rings (SSSR count). The Bertz CT molecular complexity index is 1410. The van der Waals surface area contributed by atoms with Crippen LogP contribution in [0, 0.1) is 0 Å². The van der Waals surface area contributed by atoms with Crippen molar-refractivity contribution in [2.45, 2.75) is 25.4 Å². The van der Waals surface area contributed by atoms with Gasteiger partial charge < -0.3 is 23.8 Å². The lowest BCUT2D eigenvalue weighted by molar-refractivity contribution is 0.0732. The van der Waals surface area contributed by atoms with Crippen LogP contribution < -0.4 is 18.9 Å². The smallest absolute Gasteiger partial charge is 0.255 e. The van der Waals surface area contributed by atoms with Gasteiger partial charge in [0.25, 0.3) is 5.91 Å². The fourth-order valence-corrected chi connectivity index (χ4v) is 4.56. The number of aromatic nitrogens is 1. The van der Waals surface area contributed by atoms with Crippen LogP contribution in [0.2, 0.25) is 0 Å². The van der Waals surface area contributed by atoms with Crippen molar-refractivity contribution in [1.29, 1.82) is 0 Å². The molecule has 4 aromatic rings. The Balaban J connectivity index is 1.59. The Morgan fingerprint density at radius 2 is 1.54 bits per heavy atom. The number of hydrogen-bond acceptors (Lipinski definition) is 6. The summed E-state index contributed by atoms with van der Waals surface area (Å²) in [5.74, 6) is 2.34. The van der Waals surface area contributed by atoms with E-state index in [-0.39, 0.29) is 11.9 Å². The third-order valence-corrected chi connectivity index (χ3v) is 6.67. The van der Waals surface area contributed by atoms with Crippen LogP contribution in [0.15, 0.2) is 66.7 Å². The number of para-hydroxylation sites is 1. The summed E-state index contributed by atoms with van der Waals surface area (Å²) in [4.78, 5) is 21.0. The van der Waals surface area contributed by atoms with E-state index in [1.165, 1.54) is 0 Å². The molecule has 0 atom stereocenters. The summed E-state index contributed by atoms with van der Waals surface area (Å²) in [5, 5.41) is 0.823. The molecule has 0 saturated heterocycles. The molecule has 0 N–H and O–H groups in total. The Labute approximate surface area is 216 Å². The summed E-state index contributed by atoms with van der Waals surface area (Å²) in [6.45, 7) is 0.531. The van der Waals surface area contributed by atoms with Crippen molar-refractivity contribution in [3.8, 4) is 34.3 Å². The van der Waals surface area contributed by atoms with Crippen LogP contribution in [0.25, 0.3) is 22.2 Å². The number of amides is 1. The average molecular weight is 499 g/mol. The SMILES string of the molecule is COc1ccc(CN(C(=O)c2cc(-c3cc(OC)c(OC)c(OC)c3)nc3ccccc23)C2CC2)cc1.